The third-order valence-electron chi connectivity index (χ3n) is 7.99. The predicted molar refractivity (Wildman–Crippen MR) is 165 cm³/mol. The van der Waals surface area contributed by atoms with E-state index >= 15 is 0 Å². The van der Waals surface area contributed by atoms with Crippen LogP contribution in [0.25, 0.3) is 22.9 Å². The SMILES string of the molecule is Cc1c(C)[n+](C)[c-]n1-c1[c-]cc(C(F)(F)F)cc1C(F)(F)F.Cc1c(C)[n+](C)[c-]n1-c1[c-]cc(C(F)(F)F)cc1C(F)(F)F.[Ir].c1ccc(-c2nnn[n-]2)nc1. The van der Waals surface area contributed by atoms with Crippen LogP contribution in [-0.2, 0) is 58.9 Å². The fourth-order valence-corrected chi connectivity index (χ4v) is 4.69. The van der Waals surface area contributed by atoms with E-state index in [1.54, 1.807) is 54.1 Å². The quantitative estimate of drug-likeness (QED) is 0.109. The van der Waals surface area contributed by atoms with Crippen LogP contribution in [0.4, 0.5) is 52.7 Å². The number of halogens is 12. The number of aryl methyl sites for hydroxylation is 2. The van der Waals surface area contributed by atoms with Gasteiger partial charge < -0.3 is 23.4 Å². The van der Waals surface area contributed by atoms with Gasteiger partial charge in [-0.2, -0.15) is 94.3 Å². The smallest absolute Gasteiger partial charge is 0.345 e. The normalized spacial score (nSPS) is 12.0. The number of tetrazole rings is 1. The topological polar surface area (TPSA) is 83.3 Å². The fraction of sp³-hybridized carbons (Fsp3) is 0.294. The van der Waals surface area contributed by atoms with Crippen LogP contribution in [0.5, 0.6) is 0 Å². The number of imidazole rings is 2. The van der Waals surface area contributed by atoms with Crippen LogP contribution in [-0.4, -0.2) is 29.6 Å². The average Bonchev–Trinajstić information content (AvgIpc) is 3.80. The van der Waals surface area contributed by atoms with Crippen molar-refractivity contribution in [1.82, 2.24) is 34.7 Å². The maximum Gasteiger partial charge on any atom is 0.370 e. The Bertz CT molecular complexity index is 2110. The molecule has 22 heteroatoms. The first-order valence-corrected chi connectivity index (χ1v) is 15.3. The standard InChI is InChI=1S/2C14H11F6N2.C6H4N5.Ir/c2*1-8-9(2)22(7-21(8)3)12-5-4-10(13(15,16)17)6-11(12)14(18,19)20;1-2-4-7-5(3-1)6-8-10-11-9-6;/h2*4,6H,1-3H3;1-4H;/q3*-1;. The summed E-state index contributed by atoms with van der Waals surface area (Å²) in [6.45, 7) is 6.44. The Morgan fingerprint density at radius 1 is 0.643 bits per heavy atom. The van der Waals surface area contributed by atoms with Crippen LogP contribution in [0.2, 0.25) is 0 Å². The molecule has 0 saturated heterocycles. The molecule has 9 nitrogen and oxygen atoms in total. The molecule has 0 atom stereocenters. The van der Waals surface area contributed by atoms with Gasteiger partial charge in [0.1, 0.15) is 0 Å². The molecule has 0 aliphatic carbocycles. The number of benzene rings is 2. The first-order valence-electron chi connectivity index (χ1n) is 15.3. The van der Waals surface area contributed by atoms with Gasteiger partial charge >= 0.3 is 24.7 Å². The molecule has 0 saturated carbocycles. The van der Waals surface area contributed by atoms with Gasteiger partial charge in [0.05, 0.1) is 25.6 Å². The van der Waals surface area contributed by atoms with Crippen molar-refractivity contribution in [3.8, 4) is 22.9 Å². The summed E-state index contributed by atoms with van der Waals surface area (Å²) in [5, 5.41) is 14.0. The number of pyridine rings is 1. The van der Waals surface area contributed by atoms with E-state index in [4.69, 9.17) is 0 Å². The third kappa shape index (κ3) is 10.4. The minimum Gasteiger partial charge on any atom is -0.345 e. The molecule has 0 amide bonds. The van der Waals surface area contributed by atoms with E-state index in [0.717, 1.165) is 9.13 Å². The molecule has 0 spiro atoms. The van der Waals surface area contributed by atoms with Gasteiger partial charge in [-0.3, -0.25) is 15.3 Å². The Morgan fingerprint density at radius 3 is 1.36 bits per heavy atom. The largest absolute Gasteiger partial charge is 0.370 e. The molecule has 0 unspecified atom stereocenters. The molecule has 0 aliphatic heterocycles. The van der Waals surface area contributed by atoms with Crippen molar-refractivity contribution in [2.75, 3.05) is 0 Å². The molecule has 4 heterocycles. The molecule has 6 aromatic rings. The van der Waals surface area contributed by atoms with Gasteiger partial charge in [0.25, 0.3) is 0 Å². The summed E-state index contributed by atoms with van der Waals surface area (Å²) in [7, 11) is 3.16. The molecule has 0 N–H and O–H groups in total. The van der Waals surface area contributed by atoms with Crippen LogP contribution in [0.1, 0.15) is 45.0 Å². The number of nitrogens with zero attached hydrogens (tertiary/aromatic N) is 9. The molecule has 6 rings (SSSR count). The molecule has 2 aromatic carbocycles. The van der Waals surface area contributed by atoms with Crippen molar-refractivity contribution in [1.29, 1.82) is 0 Å². The first-order chi connectivity index (χ1) is 25.3. The monoisotopic (exact) mass is 981 g/mol. The van der Waals surface area contributed by atoms with Gasteiger partial charge in [0.15, 0.2) is 0 Å². The number of aromatic nitrogens is 9. The number of alkyl halides is 12. The summed E-state index contributed by atoms with van der Waals surface area (Å²) in [6.07, 6.45) is -12.7. The molecule has 56 heavy (non-hydrogen) atoms. The van der Waals surface area contributed by atoms with E-state index in [-0.39, 0.29) is 32.2 Å². The second-order valence-electron chi connectivity index (χ2n) is 11.5. The zero-order valence-corrected chi connectivity index (χ0v) is 31.9. The maximum atomic E-state index is 13.1. The van der Waals surface area contributed by atoms with E-state index in [2.05, 4.69) is 50.4 Å². The number of hydrogen-bond donors (Lipinski definition) is 0. The Balaban J connectivity index is 0.000000235. The van der Waals surface area contributed by atoms with Crippen molar-refractivity contribution in [2.45, 2.75) is 52.4 Å². The van der Waals surface area contributed by atoms with E-state index in [0.29, 0.717) is 46.4 Å². The maximum absolute atomic E-state index is 13.1. The Morgan fingerprint density at radius 2 is 1.07 bits per heavy atom. The van der Waals surface area contributed by atoms with Crippen molar-refractivity contribution in [3.63, 3.8) is 0 Å². The summed E-state index contributed by atoms with van der Waals surface area (Å²) >= 11 is 0. The fourth-order valence-electron chi connectivity index (χ4n) is 4.69. The number of rotatable bonds is 3. The van der Waals surface area contributed by atoms with Gasteiger partial charge in [-0.1, -0.05) is 39.7 Å². The molecular formula is C34H26F12IrN9-3. The molecule has 1 radical (unpaired) electrons. The molecule has 0 fully saturated rings. The van der Waals surface area contributed by atoms with Crippen molar-refractivity contribution in [2.24, 2.45) is 14.1 Å². The van der Waals surface area contributed by atoms with E-state index in [1.165, 1.54) is 9.13 Å². The minimum absolute atomic E-state index is 0. The van der Waals surface area contributed by atoms with E-state index in [9.17, 15) is 52.7 Å². The van der Waals surface area contributed by atoms with Gasteiger partial charge in [0, 0.05) is 49.1 Å². The summed E-state index contributed by atoms with van der Waals surface area (Å²) < 4.78 is 160. The average molecular weight is 981 g/mol. The summed E-state index contributed by atoms with van der Waals surface area (Å²) in [4.78, 5) is 4.02. The molecule has 303 valence electrons. The third-order valence-corrected chi connectivity index (χ3v) is 7.99. The summed E-state index contributed by atoms with van der Waals surface area (Å²) in [5.41, 5.74) is -3.78. The van der Waals surface area contributed by atoms with Crippen molar-refractivity contribution >= 4 is 0 Å². The summed E-state index contributed by atoms with van der Waals surface area (Å²) in [6, 6.07) is 10.9. The van der Waals surface area contributed by atoms with Gasteiger partial charge in [-0.05, 0) is 39.8 Å². The second-order valence-corrected chi connectivity index (χ2v) is 11.5. The predicted octanol–water partition coefficient (Wildman–Crippen LogP) is 7.00. The van der Waals surface area contributed by atoms with Crippen LogP contribution in [0.15, 0.2) is 48.7 Å². The minimum atomic E-state index is -4.94. The van der Waals surface area contributed by atoms with Gasteiger partial charge in [0.2, 0.25) is 12.7 Å². The van der Waals surface area contributed by atoms with Crippen molar-refractivity contribution < 1.29 is 81.9 Å². The van der Waals surface area contributed by atoms with Crippen LogP contribution in [0, 0.1) is 52.5 Å². The Kier molecular flexibility index (Phi) is 13.7. The molecule has 4 aromatic heterocycles. The molecular weight excluding hydrogens is 955 g/mol. The first kappa shape index (κ1) is 45.3. The zero-order valence-electron chi connectivity index (χ0n) is 29.5. The van der Waals surface area contributed by atoms with Crippen LogP contribution >= 0.6 is 0 Å². The zero-order chi connectivity index (χ0) is 41.3. The Hall–Kier alpha value is -5.11. The van der Waals surface area contributed by atoms with Crippen LogP contribution in [0.3, 0.4) is 0 Å². The molecule has 0 bridgehead atoms. The van der Waals surface area contributed by atoms with Crippen molar-refractivity contribution in [3.05, 3.63) is 118 Å². The van der Waals surface area contributed by atoms with Crippen LogP contribution < -0.4 is 14.2 Å². The Labute approximate surface area is 324 Å². The van der Waals surface area contributed by atoms with E-state index < -0.39 is 58.3 Å². The van der Waals surface area contributed by atoms with Gasteiger partial charge in [-0.25, -0.2) is 0 Å². The molecule has 0 aliphatic rings. The summed E-state index contributed by atoms with van der Waals surface area (Å²) in [5.74, 6) is 0.464. The number of hydrogen-bond acceptors (Lipinski definition) is 4. The van der Waals surface area contributed by atoms with E-state index in [1.807, 2.05) is 12.1 Å². The second kappa shape index (κ2) is 16.9. The van der Waals surface area contributed by atoms with Gasteiger partial charge in [-0.15, -0.1) is 0 Å².